The van der Waals surface area contributed by atoms with E-state index in [1.54, 1.807) is 12.1 Å². The Kier molecular flexibility index (Phi) is 6.47. The number of nitrogens with zero attached hydrogens (tertiary/aromatic N) is 1. The number of hydrogen-bond acceptors (Lipinski definition) is 3. The molecule has 2 rings (SSSR count). The molecule has 0 amide bonds. The summed E-state index contributed by atoms with van der Waals surface area (Å²) >= 11 is 5.36. The van der Waals surface area contributed by atoms with Gasteiger partial charge in [0.25, 0.3) is 5.69 Å². The van der Waals surface area contributed by atoms with Gasteiger partial charge in [0.2, 0.25) is 0 Å². The van der Waals surface area contributed by atoms with E-state index in [1.165, 1.54) is 17.7 Å². The third-order valence-electron chi connectivity index (χ3n) is 4.03. The molecule has 0 saturated carbocycles. The summed E-state index contributed by atoms with van der Waals surface area (Å²) in [5.74, 6) is 0.499. The molecule has 0 aliphatic rings. The minimum atomic E-state index is -0.424. The Morgan fingerprint density at radius 3 is 2.36 bits per heavy atom. The maximum absolute atomic E-state index is 10.9. The van der Waals surface area contributed by atoms with Crippen LogP contribution in [0.4, 0.5) is 11.4 Å². The van der Waals surface area contributed by atoms with Crippen LogP contribution in [0, 0.1) is 10.1 Å². The molecule has 0 spiro atoms. The van der Waals surface area contributed by atoms with Crippen LogP contribution in [0.2, 0.25) is 0 Å². The molecule has 25 heavy (non-hydrogen) atoms. The largest absolute Gasteiger partial charge is 0.356 e. The SMILES string of the molecule is CCC(NC(=S)Nc1cccc([N+](=O)[O-])c1)c1ccc(C(C)C)cc1. The van der Waals surface area contributed by atoms with Crippen LogP contribution in [-0.4, -0.2) is 10.0 Å². The zero-order valence-electron chi connectivity index (χ0n) is 14.7. The zero-order chi connectivity index (χ0) is 18.4. The van der Waals surface area contributed by atoms with Gasteiger partial charge in [-0.15, -0.1) is 0 Å². The number of nitrogens with one attached hydrogen (secondary N) is 2. The number of nitro groups is 1. The van der Waals surface area contributed by atoms with Crippen LogP contribution in [0.5, 0.6) is 0 Å². The van der Waals surface area contributed by atoms with Crippen molar-refractivity contribution in [2.75, 3.05) is 5.32 Å². The van der Waals surface area contributed by atoms with Gasteiger partial charge in [-0.2, -0.15) is 0 Å². The van der Waals surface area contributed by atoms with Crippen LogP contribution in [0.25, 0.3) is 0 Å². The summed E-state index contributed by atoms with van der Waals surface area (Å²) in [6.45, 7) is 6.43. The number of non-ortho nitro benzene ring substituents is 1. The Bertz CT molecular complexity index is 745. The fourth-order valence-electron chi connectivity index (χ4n) is 2.56. The lowest BCUT2D eigenvalue weighted by molar-refractivity contribution is -0.384. The van der Waals surface area contributed by atoms with Gasteiger partial charge < -0.3 is 10.6 Å². The van der Waals surface area contributed by atoms with E-state index in [2.05, 4.69) is 55.7 Å². The molecule has 0 heterocycles. The fourth-order valence-corrected chi connectivity index (χ4v) is 2.82. The van der Waals surface area contributed by atoms with E-state index in [9.17, 15) is 10.1 Å². The standard InChI is InChI=1S/C19H23N3O2S/c1-4-18(15-10-8-14(9-11-15)13(2)3)21-19(25)20-16-6-5-7-17(12-16)22(23)24/h5-13,18H,4H2,1-3H3,(H2,20,21,25). The van der Waals surface area contributed by atoms with E-state index < -0.39 is 4.92 Å². The van der Waals surface area contributed by atoms with E-state index >= 15 is 0 Å². The predicted molar refractivity (Wildman–Crippen MR) is 106 cm³/mol. The first-order valence-corrected chi connectivity index (χ1v) is 8.73. The molecule has 0 aliphatic heterocycles. The molecule has 0 fully saturated rings. The lowest BCUT2D eigenvalue weighted by Gasteiger charge is -2.20. The maximum Gasteiger partial charge on any atom is 0.271 e. The molecule has 5 nitrogen and oxygen atoms in total. The van der Waals surface area contributed by atoms with Crippen LogP contribution >= 0.6 is 12.2 Å². The lowest BCUT2D eigenvalue weighted by atomic mass is 9.98. The van der Waals surface area contributed by atoms with E-state index in [0.29, 0.717) is 16.7 Å². The summed E-state index contributed by atoms with van der Waals surface area (Å²) in [6, 6.07) is 14.9. The van der Waals surface area contributed by atoms with Crippen molar-refractivity contribution >= 4 is 28.7 Å². The lowest BCUT2D eigenvalue weighted by Crippen LogP contribution is -2.32. The van der Waals surface area contributed by atoms with Crippen LogP contribution in [0.15, 0.2) is 48.5 Å². The summed E-state index contributed by atoms with van der Waals surface area (Å²) in [5.41, 5.74) is 3.09. The van der Waals surface area contributed by atoms with Gasteiger partial charge in [0.15, 0.2) is 5.11 Å². The Balaban J connectivity index is 2.04. The topological polar surface area (TPSA) is 67.2 Å². The highest BCUT2D eigenvalue weighted by Gasteiger charge is 2.12. The predicted octanol–water partition coefficient (Wildman–Crippen LogP) is 5.16. The average Bonchev–Trinajstić information content (AvgIpc) is 2.60. The van der Waals surface area contributed by atoms with Gasteiger partial charge in [0, 0.05) is 17.8 Å². The molecule has 6 heteroatoms. The smallest absolute Gasteiger partial charge is 0.271 e. The number of thiocarbonyl (C=S) groups is 1. The van der Waals surface area contributed by atoms with Gasteiger partial charge in [-0.1, -0.05) is 51.1 Å². The van der Waals surface area contributed by atoms with Crippen molar-refractivity contribution < 1.29 is 4.92 Å². The number of anilines is 1. The second-order valence-corrected chi connectivity index (χ2v) is 6.60. The number of rotatable bonds is 6. The fraction of sp³-hybridized carbons (Fsp3) is 0.316. The highest BCUT2D eigenvalue weighted by molar-refractivity contribution is 7.80. The normalized spacial score (nSPS) is 11.8. The number of benzene rings is 2. The van der Waals surface area contributed by atoms with Crippen molar-refractivity contribution in [1.82, 2.24) is 5.32 Å². The van der Waals surface area contributed by atoms with Crippen LogP contribution in [0.1, 0.15) is 50.3 Å². The molecule has 2 N–H and O–H groups in total. The van der Waals surface area contributed by atoms with Gasteiger partial charge in [0.05, 0.1) is 11.0 Å². The highest BCUT2D eigenvalue weighted by atomic mass is 32.1. The Morgan fingerprint density at radius 1 is 1.16 bits per heavy atom. The van der Waals surface area contributed by atoms with E-state index in [0.717, 1.165) is 12.0 Å². The Hall–Kier alpha value is -2.47. The molecular weight excluding hydrogens is 334 g/mol. The number of hydrogen-bond donors (Lipinski definition) is 2. The first-order valence-electron chi connectivity index (χ1n) is 8.32. The van der Waals surface area contributed by atoms with E-state index in [-0.39, 0.29) is 11.7 Å². The van der Waals surface area contributed by atoms with E-state index in [1.807, 2.05) is 0 Å². The molecule has 0 aromatic heterocycles. The third-order valence-corrected chi connectivity index (χ3v) is 4.25. The van der Waals surface area contributed by atoms with Crippen molar-refractivity contribution in [3.63, 3.8) is 0 Å². The van der Waals surface area contributed by atoms with Crippen molar-refractivity contribution in [2.45, 2.75) is 39.2 Å². The quantitative estimate of drug-likeness (QED) is 0.425. The van der Waals surface area contributed by atoms with Crippen LogP contribution < -0.4 is 10.6 Å². The molecular formula is C19H23N3O2S. The van der Waals surface area contributed by atoms with Gasteiger partial charge in [-0.3, -0.25) is 10.1 Å². The Morgan fingerprint density at radius 2 is 1.80 bits per heavy atom. The summed E-state index contributed by atoms with van der Waals surface area (Å²) in [4.78, 5) is 10.4. The minimum absolute atomic E-state index is 0.0316. The molecule has 0 radical (unpaired) electrons. The van der Waals surface area contributed by atoms with Crippen LogP contribution in [-0.2, 0) is 0 Å². The minimum Gasteiger partial charge on any atom is -0.356 e. The van der Waals surface area contributed by atoms with Crippen molar-refractivity contribution in [2.24, 2.45) is 0 Å². The molecule has 0 saturated heterocycles. The molecule has 0 aliphatic carbocycles. The molecule has 1 atom stereocenters. The van der Waals surface area contributed by atoms with Crippen LogP contribution in [0.3, 0.4) is 0 Å². The average molecular weight is 357 g/mol. The number of nitro benzene ring substituents is 1. The maximum atomic E-state index is 10.9. The van der Waals surface area contributed by atoms with Crippen molar-refractivity contribution in [3.8, 4) is 0 Å². The molecule has 2 aromatic rings. The summed E-state index contributed by atoms with van der Waals surface area (Å²) in [6.07, 6.45) is 0.873. The molecule has 2 aromatic carbocycles. The third kappa shape index (κ3) is 5.26. The Labute approximate surface area is 153 Å². The van der Waals surface area contributed by atoms with E-state index in [4.69, 9.17) is 12.2 Å². The second-order valence-electron chi connectivity index (χ2n) is 6.19. The van der Waals surface area contributed by atoms with Gasteiger partial charge in [-0.05, 0) is 41.7 Å². The van der Waals surface area contributed by atoms with Gasteiger partial charge in [0.1, 0.15) is 0 Å². The first-order chi connectivity index (χ1) is 11.9. The van der Waals surface area contributed by atoms with Gasteiger partial charge >= 0.3 is 0 Å². The summed E-state index contributed by atoms with van der Waals surface area (Å²) < 4.78 is 0. The summed E-state index contributed by atoms with van der Waals surface area (Å²) in [7, 11) is 0. The van der Waals surface area contributed by atoms with Crippen molar-refractivity contribution in [1.29, 1.82) is 0 Å². The summed E-state index contributed by atoms with van der Waals surface area (Å²) in [5, 5.41) is 17.6. The van der Waals surface area contributed by atoms with Crippen molar-refractivity contribution in [3.05, 3.63) is 69.8 Å². The molecule has 1 unspecified atom stereocenters. The highest BCUT2D eigenvalue weighted by Crippen LogP contribution is 2.21. The monoisotopic (exact) mass is 357 g/mol. The molecule has 0 bridgehead atoms. The second kappa shape index (κ2) is 8.58. The van der Waals surface area contributed by atoms with Gasteiger partial charge in [-0.25, -0.2) is 0 Å². The zero-order valence-corrected chi connectivity index (χ0v) is 15.5. The first kappa shape index (κ1) is 18.9. The molecule has 132 valence electrons.